The summed E-state index contributed by atoms with van der Waals surface area (Å²) >= 11 is 12.4. The van der Waals surface area contributed by atoms with Crippen LogP contribution in [0.1, 0.15) is 66.2 Å². The van der Waals surface area contributed by atoms with E-state index >= 15 is 0 Å². The second-order valence-electron chi connectivity index (χ2n) is 5.35. The van der Waals surface area contributed by atoms with E-state index in [1.54, 1.807) is 0 Å². The van der Waals surface area contributed by atoms with E-state index in [4.69, 9.17) is 10.2 Å². The molecule has 0 aliphatic heterocycles. The van der Waals surface area contributed by atoms with Crippen LogP contribution in [0.4, 0.5) is 0 Å². The van der Waals surface area contributed by atoms with Gasteiger partial charge in [0.05, 0.1) is 17.7 Å². The minimum Gasteiger partial charge on any atom is -0.478 e. The van der Waals surface area contributed by atoms with Gasteiger partial charge in [0.15, 0.2) is 0 Å². The van der Waals surface area contributed by atoms with Crippen molar-refractivity contribution in [3.05, 3.63) is 29.0 Å². The Balaban J connectivity index is 0.000000541. The summed E-state index contributed by atoms with van der Waals surface area (Å²) in [4.78, 5) is 31.7. The Hall–Kier alpha value is -0.450. The Morgan fingerprint density at radius 3 is 1.59 bits per heavy atom. The molecule has 152 valence electrons. The molecule has 0 spiro atoms. The standard InChI is InChI=1S/C9H18O2.C8H2Br4O4/c1-2-3-4-5-6-7-8-11-9-10;9-3-1(7(13)14)2(8(15)16)4(10)6(12)5(3)11/h9H,2-8H2,1H3;(H,13,14)(H,15,16). The van der Waals surface area contributed by atoms with Gasteiger partial charge in [-0.2, -0.15) is 0 Å². The van der Waals surface area contributed by atoms with Gasteiger partial charge in [0, 0.05) is 17.9 Å². The molecule has 27 heavy (non-hydrogen) atoms. The molecule has 1 aromatic rings. The maximum atomic E-state index is 11.0. The molecule has 0 saturated heterocycles. The van der Waals surface area contributed by atoms with Crippen molar-refractivity contribution in [1.29, 1.82) is 0 Å². The minimum atomic E-state index is -1.32. The van der Waals surface area contributed by atoms with Crippen molar-refractivity contribution in [2.75, 3.05) is 6.61 Å². The maximum Gasteiger partial charge on any atom is 0.337 e. The number of benzene rings is 1. The van der Waals surface area contributed by atoms with Crippen LogP contribution < -0.4 is 0 Å². The lowest BCUT2D eigenvalue weighted by Crippen LogP contribution is -2.11. The summed E-state index contributed by atoms with van der Waals surface area (Å²) in [6.07, 6.45) is 7.41. The zero-order chi connectivity index (χ0) is 21.0. The SMILES string of the molecule is CCCCCCCCOC=O.O=C(O)c1c(Br)c(Br)c(Br)c(Br)c1C(=O)O. The van der Waals surface area contributed by atoms with Crippen LogP contribution in [0.15, 0.2) is 17.9 Å². The fraction of sp³-hybridized carbons (Fsp3) is 0.471. The third kappa shape index (κ3) is 9.06. The summed E-state index contributed by atoms with van der Waals surface area (Å²) in [6, 6.07) is 0. The van der Waals surface area contributed by atoms with E-state index in [2.05, 4.69) is 75.4 Å². The van der Waals surface area contributed by atoms with E-state index in [-0.39, 0.29) is 20.1 Å². The maximum absolute atomic E-state index is 11.0. The Morgan fingerprint density at radius 2 is 1.22 bits per heavy atom. The van der Waals surface area contributed by atoms with Gasteiger partial charge in [-0.1, -0.05) is 39.0 Å². The van der Waals surface area contributed by atoms with E-state index in [9.17, 15) is 14.4 Å². The normalized spacial score (nSPS) is 9.96. The summed E-state index contributed by atoms with van der Waals surface area (Å²) in [6.45, 7) is 3.32. The molecule has 0 aromatic heterocycles. The van der Waals surface area contributed by atoms with Crippen LogP contribution in [0.2, 0.25) is 0 Å². The predicted octanol–water partition coefficient (Wildman–Crippen LogP) is 6.65. The van der Waals surface area contributed by atoms with Crippen molar-refractivity contribution in [3.63, 3.8) is 0 Å². The van der Waals surface area contributed by atoms with E-state index in [0.29, 0.717) is 22.0 Å². The van der Waals surface area contributed by atoms with Crippen LogP contribution in [0.3, 0.4) is 0 Å². The topological polar surface area (TPSA) is 101 Å². The van der Waals surface area contributed by atoms with Crippen LogP contribution in [0.25, 0.3) is 0 Å². The number of halogens is 4. The molecule has 6 nitrogen and oxygen atoms in total. The zero-order valence-corrected chi connectivity index (χ0v) is 20.9. The van der Waals surface area contributed by atoms with Gasteiger partial charge >= 0.3 is 11.9 Å². The molecule has 0 aliphatic carbocycles. The second-order valence-corrected chi connectivity index (χ2v) is 8.52. The third-order valence-corrected chi connectivity index (χ3v) is 8.15. The van der Waals surface area contributed by atoms with Crippen LogP contribution in [-0.2, 0) is 9.53 Å². The molecule has 2 N–H and O–H groups in total. The number of carboxylic acids is 2. The number of ether oxygens (including phenoxy) is 1. The summed E-state index contributed by atoms with van der Waals surface area (Å²) in [7, 11) is 0. The molecular formula is C17H20Br4O6. The van der Waals surface area contributed by atoms with E-state index in [1.807, 2.05) is 0 Å². The molecule has 0 amide bonds. The number of rotatable bonds is 10. The molecule has 1 rings (SSSR count). The van der Waals surface area contributed by atoms with Crippen LogP contribution >= 0.6 is 63.7 Å². The van der Waals surface area contributed by atoms with Gasteiger partial charge in [0.25, 0.3) is 6.47 Å². The number of carboxylic acid groups (broad SMARTS) is 2. The molecule has 0 bridgehead atoms. The van der Waals surface area contributed by atoms with Crippen molar-refractivity contribution in [3.8, 4) is 0 Å². The Kier molecular flexibility index (Phi) is 14.3. The number of carbonyl (C=O) groups excluding carboxylic acids is 1. The highest BCUT2D eigenvalue weighted by molar-refractivity contribution is 9.15. The van der Waals surface area contributed by atoms with Gasteiger partial charge in [-0.25, -0.2) is 9.59 Å². The van der Waals surface area contributed by atoms with Crippen molar-refractivity contribution < 1.29 is 29.3 Å². The van der Waals surface area contributed by atoms with Crippen molar-refractivity contribution in [1.82, 2.24) is 0 Å². The Labute approximate surface area is 191 Å². The second kappa shape index (κ2) is 14.5. The number of hydrogen-bond acceptors (Lipinski definition) is 4. The Morgan fingerprint density at radius 1 is 0.815 bits per heavy atom. The highest BCUT2D eigenvalue weighted by Gasteiger charge is 2.27. The quantitative estimate of drug-likeness (QED) is 0.129. The molecule has 0 radical (unpaired) electrons. The molecule has 0 unspecified atom stereocenters. The molecule has 0 heterocycles. The summed E-state index contributed by atoms with van der Waals surface area (Å²) in [5.74, 6) is -2.64. The fourth-order valence-corrected chi connectivity index (χ4v) is 4.50. The number of hydrogen-bond donors (Lipinski definition) is 2. The van der Waals surface area contributed by atoms with E-state index in [0.717, 1.165) is 6.42 Å². The van der Waals surface area contributed by atoms with Crippen LogP contribution in [-0.4, -0.2) is 35.2 Å². The van der Waals surface area contributed by atoms with Gasteiger partial charge in [-0.05, 0) is 70.1 Å². The monoisotopic (exact) mass is 636 g/mol. The highest BCUT2D eigenvalue weighted by Crippen LogP contribution is 2.42. The molecular weight excluding hydrogens is 620 g/mol. The van der Waals surface area contributed by atoms with Gasteiger partial charge in [0.2, 0.25) is 0 Å². The predicted molar refractivity (Wildman–Crippen MR) is 117 cm³/mol. The first-order valence-electron chi connectivity index (χ1n) is 8.08. The average molecular weight is 640 g/mol. The summed E-state index contributed by atoms with van der Waals surface area (Å²) in [5.41, 5.74) is -0.621. The molecule has 0 fully saturated rings. The van der Waals surface area contributed by atoms with Crippen LogP contribution in [0.5, 0.6) is 0 Å². The summed E-state index contributed by atoms with van der Waals surface area (Å²) < 4.78 is 5.77. The first kappa shape index (κ1) is 26.6. The first-order chi connectivity index (χ1) is 12.7. The lowest BCUT2D eigenvalue weighted by Gasteiger charge is -2.11. The van der Waals surface area contributed by atoms with Gasteiger partial charge in [-0.3, -0.25) is 4.79 Å². The van der Waals surface area contributed by atoms with Crippen molar-refractivity contribution >= 4 is 82.1 Å². The lowest BCUT2D eigenvalue weighted by molar-refractivity contribution is -0.128. The summed E-state index contributed by atoms with van der Waals surface area (Å²) in [5, 5.41) is 18.0. The van der Waals surface area contributed by atoms with E-state index in [1.165, 1.54) is 32.1 Å². The minimum absolute atomic E-state index is 0.174. The third-order valence-electron chi connectivity index (χ3n) is 3.38. The molecule has 1 aromatic carbocycles. The first-order valence-corrected chi connectivity index (χ1v) is 11.3. The van der Waals surface area contributed by atoms with Gasteiger partial charge in [0.1, 0.15) is 0 Å². The highest BCUT2D eigenvalue weighted by atomic mass is 79.9. The molecule has 0 aliphatic rings. The zero-order valence-electron chi connectivity index (χ0n) is 14.6. The molecule has 0 saturated carbocycles. The van der Waals surface area contributed by atoms with Crippen molar-refractivity contribution in [2.45, 2.75) is 45.4 Å². The largest absolute Gasteiger partial charge is 0.478 e. The van der Waals surface area contributed by atoms with Gasteiger partial charge in [-0.15, -0.1) is 0 Å². The number of carbonyl (C=O) groups is 3. The van der Waals surface area contributed by atoms with E-state index < -0.39 is 11.9 Å². The fourth-order valence-electron chi connectivity index (χ4n) is 2.05. The number of aromatic carboxylic acids is 2. The van der Waals surface area contributed by atoms with Crippen molar-refractivity contribution in [2.24, 2.45) is 0 Å². The lowest BCUT2D eigenvalue weighted by atomic mass is 10.1. The number of unbranched alkanes of at least 4 members (excludes halogenated alkanes) is 5. The molecule has 10 heteroatoms. The Bertz CT molecular complexity index is 619. The average Bonchev–Trinajstić information content (AvgIpc) is 2.62. The van der Waals surface area contributed by atoms with Crippen LogP contribution in [0, 0.1) is 0 Å². The van der Waals surface area contributed by atoms with Gasteiger partial charge < -0.3 is 14.9 Å². The smallest absolute Gasteiger partial charge is 0.337 e. The molecule has 0 atom stereocenters.